The predicted molar refractivity (Wildman–Crippen MR) is 66.8 cm³/mol. The lowest BCUT2D eigenvalue weighted by molar-refractivity contribution is -0.135. The molecule has 2 aliphatic rings. The summed E-state index contributed by atoms with van der Waals surface area (Å²) in [5.74, 6) is -0.844. The van der Waals surface area contributed by atoms with Crippen LogP contribution in [0.15, 0.2) is 24.0 Å². The van der Waals surface area contributed by atoms with E-state index >= 15 is 0 Å². The normalized spacial score (nSPS) is 18.2. The maximum absolute atomic E-state index is 13.4. The predicted octanol–water partition coefficient (Wildman–Crippen LogP) is 2.28. The summed E-state index contributed by atoms with van der Waals surface area (Å²) in [6.45, 7) is 0.799. The van der Waals surface area contributed by atoms with Crippen molar-refractivity contribution in [3.8, 4) is 0 Å². The van der Waals surface area contributed by atoms with Crippen LogP contribution in [0.2, 0.25) is 5.15 Å². The van der Waals surface area contributed by atoms with E-state index in [4.69, 9.17) is 16.3 Å². The van der Waals surface area contributed by atoms with Crippen LogP contribution in [-0.4, -0.2) is 28.5 Å². The SMILES string of the molecule is O=C1C=C(N(Cc2cnc(Cl)c(F)c2)C2CC2)CO1. The number of aromatic nitrogens is 1. The number of hydrogen-bond donors (Lipinski definition) is 0. The summed E-state index contributed by atoms with van der Waals surface area (Å²) in [6, 6.07) is 1.78. The zero-order valence-corrected chi connectivity index (χ0v) is 10.9. The van der Waals surface area contributed by atoms with Gasteiger partial charge in [0, 0.05) is 24.9 Å². The van der Waals surface area contributed by atoms with Crippen LogP contribution in [-0.2, 0) is 16.1 Å². The zero-order valence-electron chi connectivity index (χ0n) is 10.1. The Morgan fingerprint density at radius 1 is 1.53 bits per heavy atom. The molecular weight excluding hydrogens is 271 g/mol. The van der Waals surface area contributed by atoms with Crippen molar-refractivity contribution in [1.29, 1.82) is 0 Å². The van der Waals surface area contributed by atoms with Crippen LogP contribution in [0, 0.1) is 5.82 Å². The van der Waals surface area contributed by atoms with Gasteiger partial charge in [-0.25, -0.2) is 14.2 Å². The molecule has 0 spiro atoms. The summed E-state index contributed by atoms with van der Waals surface area (Å²) in [7, 11) is 0. The first-order chi connectivity index (χ1) is 9.13. The molecule has 1 aromatic heterocycles. The Balaban J connectivity index is 1.80. The van der Waals surface area contributed by atoms with Gasteiger partial charge in [-0.1, -0.05) is 11.6 Å². The highest BCUT2D eigenvalue weighted by atomic mass is 35.5. The quantitative estimate of drug-likeness (QED) is 0.628. The Kier molecular flexibility index (Phi) is 3.14. The average Bonchev–Trinajstić information content (AvgIpc) is 3.13. The summed E-state index contributed by atoms with van der Waals surface area (Å²) in [4.78, 5) is 17.0. The standard InChI is InChI=1S/C13H12ClFN2O2/c14-13-11(15)3-8(5-16-13)6-17(9-1-2-9)10-4-12(18)19-7-10/h3-5,9H,1-2,6-7H2. The van der Waals surface area contributed by atoms with E-state index in [-0.39, 0.29) is 11.1 Å². The van der Waals surface area contributed by atoms with Gasteiger partial charge in [0.25, 0.3) is 0 Å². The van der Waals surface area contributed by atoms with Crippen molar-refractivity contribution in [3.63, 3.8) is 0 Å². The van der Waals surface area contributed by atoms with E-state index in [2.05, 4.69) is 9.88 Å². The van der Waals surface area contributed by atoms with Crippen molar-refractivity contribution >= 4 is 17.6 Å². The number of pyridine rings is 1. The number of hydrogen-bond acceptors (Lipinski definition) is 4. The third-order valence-electron chi connectivity index (χ3n) is 3.21. The number of nitrogens with zero attached hydrogens (tertiary/aromatic N) is 2. The third kappa shape index (κ3) is 2.71. The average molecular weight is 283 g/mol. The Hall–Kier alpha value is -1.62. The summed E-state index contributed by atoms with van der Waals surface area (Å²) in [5.41, 5.74) is 1.58. The van der Waals surface area contributed by atoms with Crippen molar-refractivity contribution in [2.24, 2.45) is 0 Å². The second-order valence-corrected chi connectivity index (χ2v) is 5.08. The number of carbonyl (C=O) groups excluding carboxylic acids is 1. The molecule has 1 aromatic rings. The van der Waals surface area contributed by atoms with Gasteiger partial charge in [-0.2, -0.15) is 0 Å². The highest BCUT2D eigenvalue weighted by Crippen LogP contribution is 2.33. The van der Waals surface area contributed by atoms with E-state index < -0.39 is 5.82 Å². The summed E-state index contributed by atoms with van der Waals surface area (Å²) in [6.07, 6.45) is 5.21. The van der Waals surface area contributed by atoms with Crippen LogP contribution in [0.3, 0.4) is 0 Å². The molecule has 1 fully saturated rings. The Morgan fingerprint density at radius 3 is 2.89 bits per heavy atom. The molecule has 1 saturated carbocycles. The first-order valence-corrected chi connectivity index (χ1v) is 6.45. The van der Waals surface area contributed by atoms with Crippen LogP contribution in [0.25, 0.3) is 0 Å². The molecule has 4 nitrogen and oxygen atoms in total. The molecule has 0 saturated heterocycles. The number of esters is 1. The molecule has 0 radical (unpaired) electrons. The minimum atomic E-state index is -0.525. The van der Waals surface area contributed by atoms with Crippen molar-refractivity contribution in [2.45, 2.75) is 25.4 Å². The van der Waals surface area contributed by atoms with E-state index in [1.807, 2.05) is 0 Å². The Labute approximate surface area is 114 Å². The van der Waals surface area contributed by atoms with Gasteiger partial charge in [0.15, 0.2) is 11.0 Å². The topological polar surface area (TPSA) is 42.4 Å². The summed E-state index contributed by atoms with van der Waals surface area (Å²) < 4.78 is 18.3. The first-order valence-electron chi connectivity index (χ1n) is 6.07. The third-order valence-corrected chi connectivity index (χ3v) is 3.49. The van der Waals surface area contributed by atoms with Crippen molar-refractivity contribution in [3.05, 3.63) is 40.6 Å². The maximum Gasteiger partial charge on any atom is 0.333 e. The van der Waals surface area contributed by atoms with Crippen molar-refractivity contribution in [1.82, 2.24) is 9.88 Å². The minimum absolute atomic E-state index is 0.125. The highest BCUT2D eigenvalue weighted by molar-refractivity contribution is 6.29. The van der Waals surface area contributed by atoms with Gasteiger partial charge in [-0.3, -0.25) is 0 Å². The largest absolute Gasteiger partial charge is 0.456 e. The van der Waals surface area contributed by atoms with E-state index in [1.54, 1.807) is 6.20 Å². The molecule has 100 valence electrons. The number of ether oxygens (including phenoxy) is 1. The van der Waals surface area contributed by atoms with Crippen LogP contribution >= 0.6 is 11.6 Å². The smallest absolute Gasteiger partial charge is 0.333 e. The van der Waals surface area contributed by atoms with Gasteiger partial charge < -0.3 is 9.64 Å². The van der Waals surface area contributed by atoms with Crippen LogP contribution in [0.5, 0.6) is 0 Å². The zero-order chi connectivity index (χ0) is 13.4. The van der Waals surface area contributed by atoms with Gasteiger partial charge in [0.2, 0.25) is 0 Å². The van der Waals surface area contributed by atoms with Crippen LogP contribution in [0.4, 0.5) is 4.39 Å². The van der Waals surface area contributed by atoms with Crippen LogP contribution in [0.1, 0.15) is 18.4 Å². The second-order valence-electron chi connectivity index (χ2n) is 4.72. The number of halogens is 2. The van der Waals surface area contributed by atoms with Crippen molar-refractivity contribution in [2.75, 3.05) is 6.61 Å². The van der Waals surface area contributed by atoms with Crippen molar-refractivity contribution < 1.29 is 13.9 Å². The fraction of sp³-hybridized carbons (Fsp3) is 0.385. The van der Waals surface area contributed by atoms with Crippen LogP contribution < -0.4 is 0 Å². The fourth-order valence-electron chi connectivity index (χ4n) is 2.13. The van der Waals surface area contributed by atoms with Gasteiger partial charge in [-0.05, 0) is 24.5 Å². The maximum atomic E-state index is 13.4. The lowest BCUT2D eigenvalue weighted by Gasteiger charge is -2.24. The molecule has 0 N–H and O–H groups in total. The molecule has 19 heavy (non-hydrogen) atoms. The fourth-order valence-corrected chi connectivity index (χ4v) is 2.23. The molecule has 0 aromatic carbocycles. The molecule has 1 aliphatic heterocycles. The number of cyclic esters (lactones) is 1. The Bertz CT molecular complexity index is 558. The summed E-state index contributed by atoms with van der Waals surface area (Å²) in [5, 5.41) is -0.125. The van der Waals surface area contributed by atoms with E-state index in [9.17, 15) is 9.18 Å². The Morgan fingerprint density at radius 2 is 2.32 bits per heavy atom. The minimum Gasteiger partial charge on any atom is -0.456 e. The monoisotopic (exact) mass is 282 g/mol. The van der Waals surface area contributed by atoms with E-state index in [0.29, 0.717) is 19.2 Å². The molecular formula is C13H12ClFN2O2. The molecule has 2 heterocycles. The lowest BCUT2D eigenvalue weighted by atomic mass is 10.2. The first kappa shape index (κ1) is 12.4. The van der Waals surface area contributed by atoms with Gasteiger partial charge in [0.05, 0.1) is 5.70 Å². The number of carbonyl (C=O) groups is 1. The summed E-state index contributed by atoms with van der Waals surface area (Å²) >= 11 is 5.56. The molecule has 0 bridgehead atoms. The molecule has 0 atom stereocenters. The molecule has 1 aliphatic carbocycles. The highest BCUT2D eigenvalue weighted by Gasteiger charge is 2.33. The van der Waals surface area contributed by atoms with Gasteiger partial charge >= 0.3 is 5.97 Å². The molecule has 0 amide bonds. The number of rotatable bonds is 4. The van der Waals surface area contributed by atoms with E-state index in [1.165, 1.54) is 12.1 Å². The van der Waals surface area contributed by atoms with Gasteiger partial charge in [0.1, 0.15) is 6.61 Å². The van der Waals surface area contributed by atoms with E-state index in [0.717, 1.165) is 24.1 Å². The second kappa shape index (κ2) is 4.81. The molecule has 3 rings (SSSR count). The molecule has 6 heteroatoms. The lowest BCUT2D eigenvalue weighted by Crippen LogP contribution is -2.26. The molecule has 0 unspecified atom stereocenters. The van der Waals surface area contributed by atoms with Gasteiger partial charge in [-0.15, -0.1) is 0 Å².